The van der Waals surface area contributed by atoms with Crippen LogP contribution in [0.3, 0.4) is 0 Å². The van der Waals surface area contributed by atoms with Crippen LogP contribution >= 0.6 is 11.6 Å². The molecule has 0 saturated heterocycles. The molecule has 0 amide bonds. The molecule has 1 heterocycles. The Hall–Kier alpha value is -1.94. The Labute approximate surface area is 109 Å². The van der Waals surface area contributed by atoms with Crippen molar-refractivity contribution in [2.24, 2.45) is 0 Å². The molecule has 1 aromatic carbocycles. The van der Waals surface area contributed by atoms with E-state index in [9.17, 15) is 4.79 Å². The van der Waals surface area contributed by atoms with Gasteiger partial charge in [-0.25, -0.2) is 14.8 Å². The summed E-state index contributed by atoms with van der Waals surface area (Å²) in [5.74, 6) is -0.649. The summed E-state index contributed by atoms with van der Waals surface area (Å²) in [5, 5.41) is 9.03. The molecule has 2 aromatic rings. The lowest BCUT2D eigenvalue weighted by Crippen LogP contribution is -2.06. The van der Waals surface area contributed by atoms with E-state index in [1.54, 1.807) is 0 Å². The molecule has 0 unspecified atom stereocenters. The summed E-state index contributed by atoms with van der Waals surface area (Å²) in [5.41, 5.74) is 1.08. The molecule has 4 nitrogen and oxygen atoms in total. The molecule has 0 spiro atoms. The van der Waals surface area contributed by atoms with E-state index in [-0.39, 0.29) is 10.8 Å². The van der Waals surface area contributed by atoms with Gasteiger partial charge in [0.05, 0.1) is 0 Å². The van der Waals surface area contributed by atoms with Crippen molar-refractivity contribution in [3.05, 3.63) is 58.6 Å². The van der Waals surface area contributed by atoms with Gasteiger partial charge in [0.2, 0.25) is 0 Å². The number of hydrogen-bond donors (Lipinski definition) is 1. The first-order chi connectivity index (χ1) is 8.65. The predicted octanol–water partition coefficient (Wildman–Crippen LogP) is 2.61. The average molecular weight is 263 g/mol. The number of nitrogens with zero attached hydrogens (tertiary/aromatic N) is 2. The van der Waals surface area contributed by atoms with Crippen molar-refractivity contribution < 1.29 is 9.90 Å². The quantitative estimate of drug-likeness (QED) is 0.861. The number of rotatable bonds is 4. The highest BCUT2D eigenvalue weighted by Gasteiger charge is 2.09. The van der Waals surface area contributed by atoms with Gasteiger partial charge in [-0.05, 0) is 12.0 Å². The highest BCUT2D eigenvalue weighted by molar-refractivity contribution is 6.29. The molecule has 0 aliphatic heterocycles. The van der Waals surface area contributed by atoms with E-state index in [0.29, 0.717) is 12.2 Å². The van der Waals surface area contributed by atoms with Crippen molar-refractivity contribution in [1.82, 2.24) is 9.97 Å². The minimum Gasteiger partial charge on any atom is -0.477 e. The summed E-state index contributed by atoms with van der Waals surface area (Å²) in [7, 11) is 0. The standard InChI is InChI=1S/C13H11ClN2O2/c14-11-8-10(13(17)18)15-12(16-11)7-6-9-4-2-1-3-5-9/h1-5,8H,6-7H2,(H,17,18). The number of benzene rings is 1. The molecule has 18 heavy (non-hydrogen) atoms. The first-order valence-electron chi connectivity index (χ1n) is 5.46. The van der Waals surface area contributed by atoms with Crippen LogP contribution in [0.15, 0.2) is 36.4 Å². The van der Waals surface area contributed by atoms with Crippen molar-refractivity contribution in [3.8, 4) is 0 Å². The summed E-state index contributed by atoms with van der Waals surface area (Å²) < 4.78 is 0. The van der Waals surface area contributed by atoms with Crippen LogP contribution in [-0.2, 0) is 12.8 Å². The van der Waals surface area contributed by atoms with Gasteiger partial charge < -0.3 is 5.11 Å². The molecule has 0 aliphatic rings. The zero-order chi connectivity index (χ0) is 13.0. The molecule has 0 fully saturated rings. The summed E-state index contributed by atoms with van der Waals surface area (Å²) in [6.07, 6.45) is 1.31. The third-order valence-electron chi connectivity index (χ3n) is 2.44. The Bertz CT molecular complexity index is 558. The zero-order valence-corrected chi connectivity index (χ0v) is 10.3. The van der Waals surface area contributed by atoms with Gasteiger partial charge in [0.1, 0.15) is 11.0 Å². The van der Waals surface area contributed by atoms with Gasteiger partial charge in [-0.1, -0.05) is 41.9 Å². The van der Waals surface area contributed by atoms with Crippen molar-refractivity contribution in [3.63, 3.8) is 0 Å². The number of halogens is 1. The van der Waals surface area contributed by atoms with Gasteiger partial charge in [-0.2, -0.15) is 0 Å². The number of aromatic carboxylic acids is 1. The van der Waals surface area contributed by atoms with E-state index in [0.717, 1.165) is 12.0 Å². The minimum absolute atomic E-state index is 0.0712. The SMILES string of the molecule is O=C(O)c1cc(Cl)nc(CCc2ccccc2)n1. The first-order valence-corrected chi connectivity index (χ1v) is 5.83. The second-order valence-electron chi connectivity index (χ2n) is 3.78. The predicted molar refractivity (Wildman–Crippen MR) is 67.9 cm³/mol. The van der Waals surface area contributed by atoms with Crippen LogP contribution in [-0.4, -0.2) is 21.0 Å². The Morgan fingerprint density at radius 3 is 2.56 bits per heavy atom. The van der Waals surface area contributed by atoms with Crippen molar-refractivity contribution >= 4 is 17.6 Å². The number of carboxylic acids is 1. The lowest BCUT2D eigenvalue weighted by atomic mass is 10.1. The van der Waals surface area contributed by atoms with E-state index in [4.69, 9.17) is 16.7 Å². The van der Waals surface area contributed by atoms with Crippen molar-refractivity contribution in [2.45, 2.75) is 12.8 Å². The van der Waals surface area contributed by atoms with Crippen LogP contribution in [0.2, 0.25) is 5.15 Å². The highest BCUT2D eigenvalue weighted by Crippen LogP contribution is 2.10. The number of carbonyl (C=O) groups is 1. The molecular weight excluding hydrogens is 252 g/mol. The molecule has 0 radical (unpaired) electrons. The number of aromatic nitrogens is 2. The van der Waals surface area contributed by atoms with Crippen LogP contribution in [0.1, 0.15) is 21.9 Å². The Morgan fingerprint density at radius 2 is 1.89 bits per heavy atom. The van der Waals surface area contributed by atoms with Gasteiger partial charge in [-0.3, -0.25) is 0 Å². The van der Waals surface area contributed by atoms with Crippen LogP contribution in [0.25, 0.3) is 0 Å². The Kier molecular flexibility index (Phi) is 3.89. The fourth-order valence-electron chi connectivity index (χ4n) is 1.59. The smallest absolute Gasteiger partial charge is 0.354 e. The third kappa shape index (κ3) is 3.28. The molecule has 2 rings (SSSR count). The Morgan fingerprint density at radius 1 is 1.17 bits per heavy atom. The van der Waals surface area contributed by atoms with Gasteiger partial charge in [0.15, 0.2) is 5.69 Å². The lowest BCUT2D eigenvalue weighted by Gasteiger charge is -2.03. The van der Waals surface area contributed by atoms with E-state index >= 15 is 0 Å². The number of hydrogen-bond acceptors (Lipinski definition) is 3. The topological polar surface area (TPSA) is 63.1 Å². The second kappa shape index (κ2) is 5.60. The van der Waals surface area contributed by atoms with Gasteiger partial charge in [0, 0.05) is 12.5 Å². The molecule has 0 bridgehead atoms. The first kappa shape index (κ1) is 12.5. The maximum Gasteiger partial charge on any atom is 0.354 e. The molecule has 1 aromatic heterocycles. The van der Waals surface area contributed by atoms with E-state index in [2.05, 4.69) is 9.97 Å². The fourth-order valence-corrected chi connectivity index (χ4v) is 1.79. The largest absolute Gasteiger partial charge is 0.477 e. The normalized spacial score (nSPS) is 10.3. The molecule has 0 aliphatic carbocycles. The molecule has 0 atom stereocenters. The summed E-state index contributed by atoms with van der Waals surface area (Å²) in [6, 6.07) is 11.1. The maximum absolute atomic E-state index is 10.8. The van der Waals surface area contributed by atoms with Crippen LogP contribution < -0.4 is 0 Å². The zero-order valence-electron chi connectivity index (χ0n) is 9.51. The van der Waals surface area contributed by atoms with E-state index in [1.165, 1.54) is 6.07 Å². The number of carboxylic acid groups (broad SMARTS) is 1. The molecule has 92 valence electrons. The van der Waals surface area contributed by atoms with Gasteiger partial charge in [-0.15, -0.1) is 0 Å². The summed E-state index contributed by atoms with van der Waals surface area (Å²) in [4.78, 5) is 18.8. The van der Waals surface area contributed by atoms with Crippen molar-refractivity contribution in [1.29, 1.82) is 0 Å². The van der Waals surface area contributed by atoms with Gasteiger partial charge >= 0.3 is 5.97 Å². The maximum atomic E-state index is 10.8. The van der Waals surface area contributed by atoms with E-state index in [1.807, 2.05) is 30.3 Å². The van der Waals surface area contributed by atoms with Crippen molar-refractivity contribution in [2.75, 3.05) is 0 Å². The molecular formula is C13H11ClN2O2. The molecule has 0 saturated carbocycles. The average Bonchev–Trinajstić information content (AvgIpc) is 2.37. The third-order valence-corrected chi connectivity index (χ3v) is 2.63. The second-order valence-corrected chi connectivity index (χ2v) is 4.17. The minimum atomic E-state index is -1.10. The summed E-state index contributed by atoms with van der Waals surface area (Å²) >= 11 is 5.76. The molecule has 5 heteroatoms. The summed E-state index contributed by atoms with van der Waals surface area (Å²) in [6.45, 7) is 0. The molecule has 1 N–H and O–H groups in total. The number of aryl methyl sites for hydroxylation is 2. The monoisotopic (exact) mass is 262 g/mol. The van der Waals surface area contributed by atoms with Crippen LogP contribution in [0.5, 0.6) is 0 Å². The lowest BCUT2D eigenvalue weighted by molar-refractivity contribution is 0.0690. The van der Waals surface area contributed by atoms with E-state index < -0.39 is 5.97 Å². The Balaban J connectivity index is 2.12. The van der Waals surface area contributed by atoms with Crippen LogP contribution in [0.4, 0.5) is 0 Å². The van der Waals surface area contributed by atoms with Crippen LogP contribution in [0, 0.1) is 0 Å². The highest BCUT2D eigenvalue weighted by atomic mass is 35.5. The fraction of sp³-hybridized carbons (Fsp3) is 0.154. The van der Waals surface area contributed by atoms with Gasteiger partial charge in [0.25, 0.3) is 0 Å².